The van der Waals surface area contributed by atoms with Gasteiger partial charge in [0, 0.05) is 19.2 Å². The molecule has 16 heavy (non-hydrogen) atoms. The Morgan fingerprint density at radius 1 is 1.50 bits per heavy atom. The standard InChI is InChI=1S/C10H16N4O2/c1-3-14(4-2)10(16)6-11-8-5-9(15)13-7-12-8/h5,7H,3-4,6H2,1-2H3,(H2,11,12,13,15). The smallest absolute Gasteiger partial charge is 0.252 e. The second-order valence-corrected chi connectivity index (χ2v) is 3.22. The highest BCUT2D eigenvalue weighted by Crippen LogP contribution is 1.95. The van der Waals surface area contributed by atoms with Crippen molar-refractivity contribution < 1.29 is 4.79 Å². The van der Waals surface area contributed by atoms with Gasteiger partial charge in [-0.05, 0) is 13.8 Å². The van der Waals surface area contributed by atoms with Crippen molar-refractivity contribution in [2.45, 2.75) is 13.8 Å². The van der Waals surface area contributed by atoms with Crippen LogP contribution < -0.4 is 10.9 Å². The van der Waals surface area contributed by atoms with Crippen molar-refractivity contribution in [2.24, 2.45) is 0 Å². The number of nitrogens with zero attached hydrogens (tertiary/aromatic N) is 2. The lowest BCUT2D eigenvalue weighted by atomic mass is 10.4. The van der Waals surface area contributed by atoms with Crippen LogP contribution in [-0.4, -0.2) is 40.4 Å². The molecule has 1 aromatic heterocycles. The van der Waals surface area contributed by atoms with Gasteiger partial charge in [0.25, 0.3) is 5.56 Å². The summed E-state index contributed by atoms with van der Waals surface area (Å²) in [5, 5.41) is 2.81. The third-order valence-corrected chi connectivity index (χ3v) is 2.22. The molecule has 1 heterocycles. The molecule has 6 nitrogen and oxygen atoms in total. The zero-order valence-electron chi connectivity index (χ0n) is 9.49. The monoisotopic (exact) mass is 224 g/mol. The molecule has 1 rings (SSSR count). The Bertz CT molecular complexity index is 398. The number of likely N-dealkylation sites (N-methyl/N-ethyl adjacent to an activating group) is 1. The fourth-order valence-corrected chi connectivity index (χ4v) is 1.32. The summed E-state index contributed by atoms with van der Waals surface area (Å²) in [6, 6.07) is 1.31. The van der Waals surface area contributed by atoms with E-state index < -0.39 is 0 Å². The molecule has 0 aromatic carbocycles. The molecular formula is C10H16N4O2. The van der Waals surface area contributed by atoms with E-state index in [-0.39, 0.29) is 18.0 Å². The van der Waals surface area contributed by atoms with Crippen molar-refractivity contribution in [2.75, 3.05) is 25.0 Å². The van der Waals surface area contributed by atoms with E-state index >= 15 is 0 Å². The van der Waals surface area contributed by atoms with Crippen LogP contribution in [0.1, 0.15) is 13.8 Å². The van der Waals surface area contributed by atoms with Gasteiger partial charge >= 0.3 is 0 Å². The SMILES string of the molecule is CCN(CC)C(=O)CNc1cc(=O)[nH]cn1. The Labute approximate surface area is 93.7 Å². The molecule has 2 N–H and O–H groups in total. The van der Waals surface area contributed by atoms with E-state index in [0.29, 0.717) is 18.9 Å². The number of nitrogens with one attached hydrogen (secondary N) is 2. The number of aromatic amines is 1. The number of amides is 1. The highest BCUT2D eigenvalue weighted by atomic mass is 16.2. The summed E-state index contributed by atoms with van der Waals surface area (Å²) in [6.07, 6.45) is 1.30. The van der Waals surface area contributed by atoms with Crippen molar-refractivity contribution in [1.29, 1.82) is 0 Å². The summed E-state index contributed by atoms with van der Waals surface area (Å²) < 4.78 is 0. The first-order valence-corrected chi connectivity index (χ1v) is 5.23. The van der Waals surface area contributed by atoms with E-state index in [9.17, 15) is 9.59 Å². The fraction of sp³-hybridized carbons (Fsp3) is 0.500. The number of carbonyl (C=O) groups is 1. The van der Waals surface area contributed by atoms with Crippen molar-refractivity contribution in [3.63, 3.8) is 0 Å². The molecule has 0 spiro atoms. The first-order valence-electron chi connectivity index (χ1n) is 5.23. The van der Waals surface area contributed by atoms with Crippen LogP contribution in [0.3, 0.4) is 0 Å². The maximum atomic E-state index is 11.6. The summed E-state index contributed by atoms with van der Waals surface area (Å²) in [6.45, 7) is 5.36. The number of hydrogen-bond donors (Lipinski definition) is 2. The molecule has 0 saturated carbocycles. The quantitative estimate of drug-likeness (QED) is 0.740. The minimum Gasteiger partial charge on any atom is -0.361 e. The second kappa shape index (κ2) is 5.89. The third kappa shape index (κ3) is 3.38. The lowest BCUT2D eigenvalue weighted by Crippen LogP contribution is -2.35. The maximum absolute atomic E-state index is 11.6. The van der Waals surface area contributed by atoms with Crippen LogP contribution in [0.15, 0.2) is 17.2 Å². The Kier molecular flexibility index (Phi) is 4.50. The molecule has 6 heteroatoms. The van der Waals surface area contributed by atoms with Crippen molar-refractivity contribution >= 4 is 11.7 Å². The maximum Gasteiger partial charge on any atom is 0.252 e. The minimum absolute atomic E-state index is 0.00733. The molecule has 1 amide bonds. The van der Waals surface area contributed by atoms with Crippen LogP contribution in [0.5, 0.6) is 0 Å². The normalized spacial score (nSPS) is 9.88. The molecule has 0 radical (unpaired) electrons. The van der Waals surface area contributed by atoms with Crippen LogP contribution in [0.25, 0.3) is 0 Å². The van der Waals surface area contributed by atoms with Crippen LogP contribution in [-0.2, 0) is 4.79 Å². The highest BCUT2D eigenvalue weighted by Gasteiger charge is 2.08. The van der Waals surface area contributed by atoms with Gasteiger partial charge in [-0.2, -0.15) is 0 Å². The van der Waals surface area contributed by atoms with Gasteiger partial charge in [0.2, 0.25) is 5.91 Å². The molecule has 0 atom stereocenters. The van der Waals surface area contributed by atoms with Crippen molar-refractivity contribution in [3.05, 3.63) is 22.7 Å². The van der Waals surface area contributed by atoms with E-state index in [1.54, 1.807) is 4.90 Å². The predicted octanol–water partition coefficient (Wildman–Crippen LogP) is 0.0502. The molecule has 0 fully saturated rings. The first kappa shape index (κ1) is 12.2. The second-order valence-electron chi connectivity index (χ2n) is 3.22. The Hall–Kier alpha value is -1.85. The average Bonchev–Trinajstić information content (AvgIpc) is 2.28. The summed E-state index contributed by atoms with van der Waals surface area (Å²) in [5.41, 5.74) is -0.243. The number of hydrogen-bond acceptors (Lipinski definition) is 4. The zero-order chi connectivity index (χ0) is 12.0. The number of H-pyrrole nitrogens is 1. The number of carbonyl (C=O) groups excluding carboxylic acids is 1. The van der Waals surface area contributed by atoms with Gasteiger partial charge in [-0.1, -0.05) is 0 Å². The third-order valence-electron chi connectivity index (χ3n) is 2.22. The van der Waals surface area contributed by atoms with Crippen molar-refractivity contribution in [3.8, 4) is 0 Å². The summed E-state index contributed by atoms with van der Waals surface area (Å²) in [5.74, 6) is 0.399. The molecule has 0 aliphatic carbocycles. The summed E-state index contributed by atoms with van der Waals surface area (Å²) in [4.78, 5) is 30.6. The first-order chi connectivity index (χ1) is 7.67. The van der Waals surface area contributed by atoms with Gasteiger partial charge in [0.15, 0.2) is 0 Å². The molecule has 0 aliphatic heterocycles. The molecular weight excluding hydrogens is 208 g/mol. The Balaban J connectivity index is 2.51. The van der Waals surface area contributed by atoms with Gasteiger partial charge in [-0.3, -0.25) is 9.59 Å². The van der Waals surface area contributed by atoms with Gasteiger partial charge in [-0.15, -0.1) is 0 Å². The number of anilines is 1. The van der Waals surface area contributed by atoms with Crippen LogP contribution >= 0.6 is 0 Å². The van der Waals surface area contributed by atoms with E-state index in [0.717, 1.165) is 0 Å². The summed E-state index contributed by atoms with van der Waals surface area (Å²) >= 11 is 0. The van der Waals surface area contributed by atoms with Gasteiger partial charge in [0.1, 0.15) is 5.82 Å². The minimum atomic E-state index is -0.243. The van der Waals surface area contributed by atoms with Crippen LogP contribution in [0.2, 0.25) is 0 Å². The topological polar surface area (TPSA) is 78.1 Å². The molecule has 1 aromatic rings. The number of aromatic nitrogens is 2. The van der Waals surface area contributed by atoms with Crippen molar-refractivity contribution in [1.82, 2.24) is 14.9 Å². The largest absolute Gasteiger partial charge is 0.361 e. The van der Waals surface area contributed by atoms with E-state index in [1.807, 2.05) is 13.8 Å². The lowest BCUT2D eigenvalue weighted by molar-refractivity contribution is -0.128. The molecule has 0 bridgehead atoms. The highest BCUT2D eigenvalue weighted by molar-refractivity contribution is 5.80. The predicted molar refractivity (Wildman–Crippen MR) is 61.3 cm³/mol. The molecule has 0 saturated heterocycles. The van der Waals surface area contributed by atoms with E-state index in [2.05, 4.69) is 15.3 Å². The van der Waals surface area contributed by atoms with E-state index in [1.165, 1.54) is 12.4 Å². The lowest BCUT2D eigenvalue weighted by Gasteiger charge is -2.18. The molecule has 0 aliphatic rings. The molecule has 0 unspecified atom stereocenters. The Morgan fingerprint density at radius 3 is 2.75 bits per heavy atom. The van der Waals surface area contributed by atoms with Crippen LogP contribution in [0.4, 0.5) is 5.82 Å². The fourth-order valence-electron chi connectivity index (χ4n) is 1.32. The van der Waals surface area contributed by atoms with Gasteiger partial charge in [0.05, 0.1) is 12.9 Å². The van der Waals surface area contributed by atoms with Gasteiger partial charge < -0.3 is 15.2 Å². The zero-order valence-corrected chi connectivity index (χ0v) is 9.49. The molecule has 88 valence electrons. The average molecular weight is 224 g/mol. The van der Waals surface area contributed by atoms with E-state index in [4.69, 9.17) is 0 Å². The number of rotatable bonds is 5. The van der Waals surface area contributed by atoms with Gasteiger partial charge in [-0.25, -0.2) is 4.98 Å². The Morgan fingerprint density at radius 2 is 2.19 bits per heavy atom. The summed E-state index contributed by atoms with van der Waals surface area (Å²) in [7, 11) is 0. The van der Waals surface area contributed by atoms with Crippen LogP contribution in [0, 0.1) is 0 Å².